The fraction of sp³-hybridized carbons (Fsp3) is 0.500. The maximum absolute atomic E-state index is 12.6. The summed E-state index contributed by atoms with van der Waals surface area (Å²) in [6.07, 6.45) is 5.80. The molecule has 1 aromatic heterocycles. The first-order valence-electron chi connectivity index (χ1n) is 8.36. The average Bonchev–Trinajstić information content (AvgIpc) is 2.58. The number of aromatic nitrogens is 2. The van der Waals surface area contributed by atoms with Crippen molar-refractivity contribution in [2.24, 2.45) is 5.92 Å². The van der Waals surface area contributed by atoms with Crippen molar-refractivity contribution in [1.29, 1.82) is 0 Å². The number of halogens is 1. The minimum atomic E-state index is -0.235. The SMILES string of the molecule is CC1CCC(N(C)C(=O)Cn2cnc3ccc(Cl)cc3c2=O)CC1. The summed E-state index contributed by atoms with van der Waals surface area (Å²) in [4.78, 5) is 31.2. The molecule has 1 aliphatic carbocycles. The van der Waals surface area contributed by atoms with Gasteiger partial charge in [-0.2, -0.15) is 0 Å². The summed E-state index contributed by atoms with van der Waals surface area (Å²) >= 11 is 5.96. The second kappa shape index (κ2) is 6.93. The van der Waals surface area contributed by atoms with Crippen LogP contribution in [0.25, 0.3) is 10.9 Å². The van der Waals surface area contributed by atoms with Gasteiger partial charge in [-0.25, -0.2) is 4.98 Å². The highest BCUT2D eigenvalue weighted by molar-refractivity contribution is 6.31. The van der Waals surface area contributed by atoms with Crippen molar-refractivity contribution < 1.29 is 4.79 Å². The zero-order valence-electron chi connectivity index (χ0n) is 14.0. The van der Waals surface area contributed by atoms with Gasteiger partial charge < -0.3 is 4.90 Å². The van der Waals surface area contributed by atoms with E-state index in [9.17, 15) is 9.59 Å². The molecule has 128 valence electrons. The third kappa shape index (κ3) is 3.46. The largest absolute Gasteiger partial charge is 0.341 e. The standard InChI is InChI=1S/C18H22ClN3O2/c1-12-3-6-14(7-4-12)21(2)17(23)10-22-11-20-16-8-5-13(19)9-15(16)18(22)24/h5,8-9,11-12,14H,3-4,6-7,10H2,1-2H3. The van der Waals surface area contributed by atoms with Gasteiger partial charge in [0.15, 0.2) is 0 Å². The van der Waals surface area contributed by atoms with E-state index in [1.54, 1.807) is 23.1 Å². The van der Waals surface area contributed by atoms with Crippen molar-refractivity contribution in [3.8, 4) is 0 Å². The number of likely N-dealkylation sites (N-methyl/N-ethyl adjacent to an activating group) is 1. The highest BCUT2D eigenvalue weighted by Crippen LogP contribution is 2.26. The van der Waals surface area contributed by atoms with E-state index < -0.39 is 0 Å². The van der Waals surface area contributed by atoms with Gasteiger partial charge in [0.2, 0.25) is 5.91 Å². The first kappa shape index (κ1) is 17.0. The van der Waals surface area contributed by atoms with Crippen LogP contribution in [0.3, 0.4) is 0 Å². The Balaban J connectivity index is 1.78. The molecule has 1 fully saturated rings. The van der Waals surface area contributed by atoms with Crippen molar-refractivity contribution >= 4 is 28.4 Å². The molecule has 1 heterocycles. The molecule has 0 bridgehead atoms. The second-order valence-electron chi connectivity index (χ2n) is 6.76. The zero-order valence-corrected chi connectivity index (χ0v) is 14.8. The van der Waals surface area contributed by atoms with Crippen molar-refractivity contribution in [3.05, 3.63) is 39.9 Å². The van der Waals surface area contributed by atoms with Crippen LogP contribution in [0.15, 0.2) is 29.3 Å². The maximum atomic E-state index is 12.6. The van der Waals surface area contributed by atoms with Gasteiger partial charge in [-0.1, -0.05) is 18.5 Å². The quantitative estimate of drug-likeness (QED) is 0.857. The Labute approximate surface area is 146 Å². The van der Waals surface area contributed by atoms with Crippen LogP contribution < -0.4 is 5.56 Å². The van der Waals surface area contributed by atoms with E-state index in [0.717, 1.165) is 31.6 Å². The number of hydrogen-bond acceptors (Lipinski definition) is 3. The summed E-state index contributed by atoms with van der Waals surface area (Å²) in [5, 5.41) is 0.922. The summed E-state index contributed by atoms with van der Waals surface area (Å²) in [7, 11) is 1.83. The number of carbonyl (C=O) groups is 1. The highest BCUT2D eigenvalue weighted by Gasteiger charge is 2.25. The molecule has 1 saturated carbocycles. The lowest BCUT2D eigenvalue weighted by Gasteiger charge is -2.33. The molecule has 2 aromatic rings. The van der Waals surface area contributed by atoms with Gasteiger partial charge in [0.1, 0.15) is 6.54 Å². The van der Waals surface area contributed by atoms with E-state index in [1.165, 1.54) is 10.9 Å². The van der Waals surface area contributed by atoms with Crippen LogP contribution in [0.1, 0.15) is 32.6 Å². The fourth-order valence-corrected chi connectivity index (χ4v) is 3.51. The van der Waals surface area contributed by atoms with E-state index in [4.69, 9.17) is 11.6 Å². The average molecular weight is 348 g/mol. The number of fused-ring (bicyclic) bond motifs is 1. The van der Waals surface area contributed by atoms with Crippen LogP contribution in [-0.2, 0) is 11.3 Å². The summed E-state index contributed by atoms with van der Waals surface area (Å²) in [6, 6.07) is 5.27. The second-order valence-corrected chi connectivity index (χ2v) is 7.19. The predicted octanol–water partition coefficient (Wildman–Crippen LogP) is 3.09. The molecule has 24 heavy (non-hydrogen) atoms. The smallest absolute Gasteiger partial charge is 0.261 e. The number of rotatable bonds is 3. The van der Waals surface area contributed by atoms with Crippen LogP contribution in [0, 0.1) is 5.92 Å². The molecule has 0 spiro atoms. The van der Waals surface area contributed by atoms with Crippen molar-refractivity contribution in [3.63, 3.8) is 0 Å². The Hall–Kier alpha value is -1.88. The number of benzene rings is 1. The van der Waals surface area contributed by atoms with Gasteiger partial charge in [0.05, 0.1) is 17.2 Å². The van der Waals surface area contributed by atoms with Gasteiger partial charge in [0, 0.05) is 18.1 Å². The lowest BCUT2D eigenvalue weighted by Crippen LogP contribution is -2.42. The van der Waals surface area contributed by atoms with E-state index >= 15 is 0 Å². The minimum absolute atomic E-state index is 0.0108. The molecule has 0 atom stereocenters. The molecule has 6 heteroatoms. The Morgan fingerprint density at radius 2 is 2.04 bits per heavy atom. The third-order valence-corrected chi connectivity index (χ3v) is 5.25. The van der Waals surface area contributed by atoms with Crippen molar-refractivity contribution in [1.82, 2.24) is 14.5 Å². The van der Waals surface area contributed by atoms with E-state index in [1.807, 2.05) is 7.05 Å². The molecule has 1 aliphatic rings. The molecule has 0 unspecified atom stereocenters. The van der Waals surface area contributed by atoms with Gasteiger partial charge in [0.25, 0.3) is 5.56 Å². The molecule has 0 N–H and O–H groups in total. The van der Waals surface area contributed by atoms with E-state index in [-0.39, 0.29) is 24.1 Å². The molecule has 3 rings (SSSR count). The maximum Gasteiger partial charge on any atom is 0.261 e. The zero-order chi connectivity index (χ0) is 17.3. The molecule has 1 amide bonds. The summed E-state index contributed by atoms with van der Waals surface area (Å²) in [6.45, 7) is 2.26. The molecule has 1 aromatic carbocycles. The van der Waals surface area contributed by atoms with Crippen LogP contribution in [0.4, 0.5) is 0 Å². The van der Waals surface area contributed by atoms with Crippen LogP contribution >= 0.6 is 11.6 Å². The molecule has 0 saturated heterocycles. The number of hydrogen-bond donors (Lipinski definition) is 0. The molecule has 0 radical (unpaired) electrons. The lowest BCUT2D eigenvalue weighted by molar-refractivity contribution is -0.133. The van der Waals surface area contributed by atoms with Gasteiger partial charge in [-0.15, -0.1) is 0 Å². The Bertz CT molecular complexity index is 810. The topological polar surface area (TPSA) is 55.2 Å². The van der Waals surface area contributed by atoms with Crippen LogP contribution in [-0.4, -0.2) is 33.4 Å². The van der Waals surface area contributed by atoms with Crippen LogP contribution in [0.2, 0.25) is 5.02 Å². The lowest BCUT2D eigenvalue weighted by atomic mass is 9.87. The van der Waals surface area contributed by atoms with Crippen molar-refractivity contribution in [2.75, 3.05) is 7.05 Å². The Morgan fingerprint density at radius 1 is 1.33 bits per heavy atom. The van der Waals surface area contributed by atoms with Crippen molar-refractivity contribution in [2.45, 2.75) is 45.2 Å². The Kier molecular flexibility index (Phi) is 4.90. The van der Waals surface area contributed by atoms with E-state index in [2.05, 4.69) is 11.9 Å². The summed E-state index contributed by atoms with van der Waals surface area (Å²) < 4.78 is 1.36. The minimum Gasteiger partial charge on any atom is -0.341 e. The normalized spacial score (nSPS) is 21.0. The van der Waals surface area contributed by atoms with Gasteiger partial charge in [-0.05, 0) is 49.8 Å². The van der Waals surface area contributed by atoms with Crippen LogP contribution in [0.5, 0.6) is 0 Å². The van der Waals surface area contributed by atoms with E-state index in [0.29, 0.717) is 15.9 Å². The van der Waals surface area contributed by atoms with Gasteiger partial charge >= 0.3 is 0 Å². The van der Waals surface area contributed by atoms with Gasteiger partial charge in [-0.3, -0.25) is 14.2 Å². The number of amides is 1. The molecule has 0 aliphatic heterocycles. The monoisotopic (exact) mass is 347 g/mol. The summed E-state index contributed by atoms with van der Waals surface area (Å²) in [5.41, 5.74) is 0.351. The fourth-order valence-electron chi connectivity index (χ4n) is 3.33. The summed E-state index contributed by atoms with van der Waals surface area (Å²) in [5.74, 6) is 0.682. The first-order chi connectivity index (χ1) is 11.5. The molecular weight excluding hydrogens is 326 g/mol. The first-order valence-corrected chi connectivity index (χ1v) is 8.74. The third-order valence-electron chi connectivity index (χ3n) is 5.02. The predicted molar refractivity (Wildman–Crippen MR) is 95.2 cm³/mol. The highest BCUT2D eigenvalue weighted by atomic mass is 35.5. The molecular formula is C18H22ClN3O2. The molecule has 5 nitrogen and oxygen atoms in total. The number of nitrogens with zero attached hydrogens (tertiary/aromatic N) is 3. The number of carbonyl (C=O) groups excluding carboxylic acids is 1. The Morgan fingerprint density at radius 3 is 2.75 bits per heavy atom.